The third-order valence-corrected chi connectivity index (χ3v) is 2.75. The summed E-state index contributed by atoms with van der Waals surface area (Å²) in [6.45, 7) is 7.35. The molecule has 2 atom stereocenters. The number of nitrogens with two attached hydrogens (primary N) is 1. The smallest absolute Gasteiger partial charge is 0.0947 e. The number of nitrogen functional groups attached to an aromatic ring is 1. The van der Waals surface area contributed by atoms with E-state index in [0.717, 1.165) is 5.56 Å². The minimum absolute atomic E-state index is 0.0350. The van der Waals surface area contributed by atoms with Gasteiger partial charge in [-0.1, -0.05) is 31.2 Å². The number of hydrogen-bond acceptors (Lipinski definition) is 2. The van der Waals surface area contributed by atoms with Gasteiger partial charge >= 0.3 is 0 Å². The van der Waals surface area contributed by atoms with Crippen molar-refractivity contribution >= 4 is 5.69 Å². The van der Waals surface area contributed by atoms with Crippen molar-refractivity contribution in [1.29, 1.82) is 0 Å². The third-order valence-electron chi connectivity index (χ3n) is 2.75. The van der Waals surface area contributed by atoms with E-state index >= 15 is 0 Å². The molecule has 2 nitrogen and oxygen atoms in total. The molecule has 0 fully saturated rings. The van der Waals surface area contributed by atoms with E-state index < -0.39 is 5.60 Å². The number of para-hydroxylation sites is 1. The van der Waals surface area contributed by atoms with E-state index in [4.69, 9.17) is 5.73 Å². The quantitative estimate of drug-likeness (QED) is 0.569. The van der Waals surface area contributed by atoms with Gasteiger partial charge in [0.05, 0.1) is 5.60 Å². The highest BCUT2D eigenvalue weighted by atomic mass is 16.3. The molecule has 1 aromatic rings. The predicted octanol–water partition coefficient (Wildman–Crippen LogP) is 2.30. The summed E-state index contributed by atoms with van der Waals surface area (Å²) in [4.78, 5) is 0. The normalized spacial score (nSPS) is 17.1. The first kappa shape index (κ1) is 10.8. The molecule has 0 saturated heterocycles. The van der Waals surface area contributed by atoms with E-state index in [1.165, 1.54) is 0 Å². The topological polar surface area (TPSA) is 46.2 Å². The van der Waals surface area contributed by atoms with Crippen molar-refractivity contribution in [2.75, 3.05) is 5.73 Å². The Morgan fingerprint density at radius 2 is 2.07 bits per heavy atom. The molecule has 0 aliphatic heterocycles. The highest BCUT2D eigenvalue weighted by Crippen LogP contribution is 2.33. The fourth-order valence-corrected chi connectivity index (χ4v) is 1.43. The van der Waals surface area contributed by atoms with E-state index in [1.807, 2.05) is 25.1 Å². The minimum atomic E-state index is -0.951. The average molecular weight is 191 g/mol. The summed E-state index contributed by atoms with van der Waals surface area (Å²) in [5.41, 5.74) is 6.23. The molecule has 0 spiro atoms. The molecule has 0 aliphatic carbocycles. The van der Waals surface area contributed by atoms with Crippen LogP contribution in [0, 0.1) is 5.92 Å². The Balaban J connectivity index is 3.15. The minimum Gasteiger partial charge on any atom is -0.398 e. The number of hydrogen-bond donors (Lipinski definition) is 2. The first-order valence-corrected chi connectivity index (χ1v) is 4.70. The van der Waals surface area contributed by atoms with Gasteiger partial charge in [0.1, 0.15) is 0 Å². The summed E-state index contributed by atoms with van der Waals surface area (Å²) in [7, 11) is 0. The Bertz CT molecular complexity index is 331. The fraction of sp³-hybridized carbons (Fsp3) is 0.333. The summed E-state index contributed by atoms with van der Waals surface area (Å²) in [6.07, 6.45) is 1.73. The van der Waals surface area contributed by atoms with Crippen LogP contribution in [0.15, 0.2) is 36.9 Å². The molecule has 1 aromatic carbocycles. The number of anilines is 1. The standard InChI is InChI=1S/C12H17NO/c1-4-9(2)12(3,14)10-7-5-6-8-11(10)13/h4-9,14H,1,13H2,2-3H3/t9-,12-/m1/s1. The molecule has 3 N–H and O–H groups in total. The lowest BCUT2D eigenvalue weighted by Gasteiger charge is -2.29. The van der Waals surface area contributed by atoms with E-state index in [2.05, 4.69) is 6.58 Å². The van der Waals surface area contributed by atoms with Crippen LogP contribution in [0.25, 0.3) is 0 Å². The van der Waals surface area contributed by atoms with Gasteiger partial charge in [0, 0.05) is 17.2 Å². The molecular weight excluding hydrogens is 174 g/mol. The van der Waals surface area contributed by atoms with Crippen molar-refractivity contribution in [3.05, 3.63) is 42.5 Å². The summed E-state index contributed by atoms with van der Waals surface area (Å²) in [5.74, 6) is -0.0350. The SMILES string of the molecule is C=C[C@@H](C)[C@@](C)(O)c1ccccc1N. The summed E-state index contributed by atoms with van der Waals surface area (Å²) in [5, 5.41) is 10.3. The Morgan fingerprint density at radius 3 is 2.57 bits per heavy atom. The van der Waals surface area contributed by atoms with Crippen molar-refractivity contribution in [2.45, 2.75) is 19.4 Å². The fourth-order valence-electron chi connectivity index (χ4n) is 1.43. The molecule has 0 aromatic heterocycles. The van der Waals surface area contributed by atoms with E-state index in [1.54, 1.807) is 19.1 Å². The molecule has 1 rings (SSSR count). The van der Waals surface area contributed by atoms with Crippen LogP contribution in [0.3, 0.4) is 0 Å². The molecule has 0 saturated carbocycles. The molecule has 0 unspecified atom stereocenters. The Hall–Kier alpha value is -1.28. The van der Waals surface area contributed by atoms with E-state index in [0.29, 0.717) is 5.69 Å². The van der Waals surface area contributed by atoms with Gasteiger partial charge in [-0.25, -0.2) is 0 Å². The number of rotatable bonds is 3. The molecule has 0 aliphatic rings. The second-order valence-corrected chi connectivity index (χ2v) is 3.76. The van der Waals surface area contributed by atoms with Gasteiger partial charge in [-0.05, 0) is 13.0 Å². The zero-order chi connectivity index (χ0) is 10.8. The van der Waals surface area contributed by atoms with Gasteiger partial charge in [-0.3, -0.25) is 0 Å². The zero-order valence-corrected chi connectivity index (χ0v) is 8.70. The van der Waals surface area contributed by atoms with Gasteiger partial charge in [0.25, 0.3) is 0 Å². The second-order valence-electron chi connectivity index (χ2n) is 3.76. The highest BCUT2D eigenvalue weighted by molar-refractivity contribution is 5.49. The van der Waals surface area contributed by atoms with E-state index in [-0.39, 0.29) is 5.92 Å². The van der Waals surface area contributed by atoms with Gasteiger partial charge in [-0.15, -0.1) is 6.58 Å². The lowest BCUT2D eigenvalue weighted by Crippen LogP contribution is -2.29. The van der Waals surface area contributed by atoms with Crippen LogP contribution in [0.1, 0.15) is 19.4 Å². The summed E-state index contributed by atoms with van der Waals surface area (Å²) < 4.78 is 0. The first-order chi connectivity index (χ1) is 6.50. The Labute approximate surface area is 85.1 Å². The molecule has 76 valence electrons. The number of benzene rings is 1. The van der Waals surface area contributed by atoms with Crippen molar-refractivity contribution in [2.24, 2.45) is 5.92 Å². The van der Waals surface area contributed by atoms with Crippen molar-refractivity contribution in [3.8, 4) is 0 Å². The summed E-state index contributed by atoms with van der Waals surface area (Å²) >= 11 is 0. The molecule has 0 radical (unpaired) electrons. The monoisotopic (exact) mass is 191 g/mol. The van der Waals surface area contributed by atoms with Crippen LogP contribution < -0.4 is 5.73 Å². The molecular formula is C12H17NO. The van der Waals surface area contributed by atoms with Crippen LogP contribution in [0.4, 0.5) is 5.69 Å². The van der Waals surface area contributed by atoms with Gasteiger partial charge < -0.3 is 10.8 Å². The van der Waals surface area contributed by atoms with Crippen LogP contribution in [0.2, 0.25) is 0 Å². The van der Waals surface area contributed by atoms with Crippen LogP contribution in [-0.4, -0.2) is 5.11 Å². The van der Waals surface area contributed by atoms with E-state index in [9.17, 15) is 5.11 Å². The summed E-state index contributed by atoms with van der Waals surface area (Å²) in [6, 6.07) is 7.36. The van der Waals surface area contributed by atoms with Crippen molar-refractivity contribution in [1.82, 2.24) is 0 Å². The maximum atomic E-state index is 10.3. The van der Waals surface area contributed by atoms with Gasteiger partial charge in [0.2, 0.25) is 0 Å². The van der Waals surface area contributed by atoms with Crippen LogP contribution in [0.5, 0.6) is 0 Å². The lowest BCUT2D eigenvalue weighted by molar-refractivity contribution is 0.0213. The molecule has 2 heteroatoms. The molecule has 0 amide bonds. The lowest BCUT2D eigenvalue weighted by atomic mass is 9.83. The predicted molar refractivity (Wildman–Crippen MR) is 59.8 cm³/mol. The number of aliphatic hydroxyl groups is 1. The third kappa shape index (κ3) is 1.80. The largest absolute Gasteiger partial charge is 0.398 e. The molecule has 0 heterocycles. The molecule has 14 heavy (non-hydrogen) atoms. The molecule has 0 bridgehead atoms. The van der Waals surface area contributed by atoms with Gasteiger partial charge in [0.15, 0.2) is 0 Å². The van der Waals surface area contributed by atoms with Crippen molar-refractivity contribution < 1.29 is 5.11 Å². The van der Waals surface area contributed by atoms with Gasteiger partial charge in [-0.2, -0.15) is 0 Å². The van der Waals surface area contributed by atoms with Crippen LogP contribution in [-0.2, 0) is 5.60 Å². The Kier molecular flexibility index (Phi) is 2.96. The van der Waals surface area contributed by atoms with Crippen LogP contribution >= 0.6 is 0 Å². The first-order valence-electron chi connectivity index (χ1n) is 4.70. The maximum absolute atomic E-state index is 10.3. The second kappa shape index (κ2) is 3.84. The highest BCUT2D eigenvalue weighted by Gasteiger charge is 2.29. The average Bonchev–Trinajstić information content (AvgIpc) is 2.17. The Morgan fingerprint density at radius 1 is 1.50 bits per heavy atom. The maximum Gasteiger partial charge on any atom is 0.0947 e. The van der Waals surface area contributed by atoms with Crippen molar-refractivity contribution in [3.63, 3.8) is 0 Å². The zero-order valence-electron chi connectivity index (χ0n) is 8.70.